The number of hydrogen-bond donors (Lipinski definition) is 1. The Morgan fingerprint density at radius 2 is 2.11 bits per heavy atom. The topological polar surface area (TPSA) is 72.2 Å². The van der Waals surface area contributed by atoms with Crippen molar-refractivity contribution in [2.75, 3.05) is 5.75 Å². The van der Waals surface area contributed by atoms with Gasteiger partial charge in [-0.15, -0.1) is 0 Å². The second-order valence-electron chi connectivity index (χ2n) is 4.36. The first-order valence-corrected chi connectivity index (χ1v) is 6.85. The fourth-order valence-electron chi connectivity index (χ4n) is 1.81. The predicted molar refractivity (Wildman–Crippen MR) is 74.7 cm³/mol. The number of fused-ring (bicyclic) bond motifs is 1. The standard InChI is InChI=1S/C13H14N2O3S/c1-8(2)15-12(18)9-5-3-4-6-10(9)14-13(15)19-7-11(16)17/h3-6,8H,7H2,1-2H3,(H,16,17). The van der Waals surface area contributed by atoms with Crippen LogP contribution in [-0.2, 0) is 4.79 Å². The third-order valence-electron chi connectivity index (χ3n) is 2.62. The van der Waals surface area contributed by atoms with Crippen molar-refractivity contribution in [1.82, 2.24) is 9.55 Å². The monoisotopic (exact) mass is 278 g/mol. The Morgan fingerprint density at radius 1 is 1.42 bits per heavy atom. The zero-order valence-corrected chi connectivity index (χ0v) is 11.5. The van der Waals surface area contributed by atoms with Crippen LogP contribution in [0, 0.1) is 0 Å². The Morgan fingerprint density at radius 3 is 2.74 bits per heavy atom. The summed E-state index contributed by atoms with van der Waals surface area (Å²) in [5, 5.41) is 9.75. The molecule has 0 saturated heterocycles. The molecule has 1 aromatic heterocycles. The van der Waals surface area contributed by atoms with Crippen molar-refractivity contribution >= 4 is 28.6 Å². The maximum absolute atomic E-state index is 12.4. The maximum atomic E-state index is 12.4. The van der Waals surface area contributed by atoms with E-state index in [0.717, 1.165) is 11.8 Å². The summed E-state index contributed by atoms with van der Waals surface area (Å²) in [4.78, 5) is 27.5. The summed E-state index contributed by atoms with van der Waals surface area (Å²) in [6.45, 7) is 3.76. The highest BCUT2D eigenvalue weighted by Gasteiger charge is 2.14. The van der Waals surface area contributed by atoms with Crippen molar-refractivity contribution in [2.24, 2.45) is 0 Å². The van der Waals surface area contributed by atoms with Crippen LogP contribution in [0.1, 0.15) is 19.9 Å². The van der Waals surface area contributed by atoms with Gasteiger partial charge in [0.05, 0.1) is 16.7 Å². The molecule has 0 radical (unpaired) electrons. The Labute approximate surface area is 114 Å². The van der Waals surface area contributed by atoms with Gasteiger partial charge in [0.1, 0.15) is 0 Å². The van der Waals surface area contributed by atoms with Gasteiger partial charge < -0.3 is 5.11 Å². The lowest BCUT2D eigenvalue weighted by molar-refractivity contribution is -0.133. The lowest BCUT2D eigenvalue weighted by Gasteiger charge is -2.15. The fourth-order valence-corrected chi connectivity index (χ4v) is 2.66. The summed E-state index contributed by atoms with van der Waals surface area (Å²) in [5.41, 5.74) is 0.464. The molecule has 1 heterocycles. The van der Waals surface area contributed by atoms with Gasteiger partial charge in [0.2, 0.25) is 0 Å². The fraction of sp³-hybridized carbons (Fsp3) is 0.308. The largest absolute Gasteiger partial charge is 0.481 e. The summed E-state index contributed by atoms with van der Waals surface area (Å²) in [5.74, 6) is -1.04. The molecular formula is C13H14N2O3S. The minimum absolute atomic E-state index is 0.0686. The summed E-state index contributed by atoms with van der Waals surface area (Å²) in [6, 6.07) is 7.02. The van der Waals surface area contributed by atoms with Gasteiger partial charge in [0, 0.05) is 6.04 Å². The van der Waals surface area contributed by atoms with Gasteiger partial charge in [-0.1, -0.05) is 23.9 Å². The number of thioether (sulfide) groups is 1. The van der Waals surface area contributed by atoms with E-state index in [0.29, 0.717) is 16.1 Å². The lowest BCUT2D eigenvalue weighted by atomic mass is 10.2. The van der Waals surface area contributed by atoms with Crippen molar-refractivity contribution in [3.8, 4) is 0 Å². The van der Waals surface area contributed by atoms with Gasteiger partial charge in [-0.25, -0.2) is 4.98 Å². The van der Waals surface area contributed by atoms with Crippen LogP contribution in [0.5, 0.6) is 0 Å². The van der Waals surface area contributed by atoms with E-state index in [1.54, 1.807) is 24.3 Å². The van der Waals surface area contributed by atoms with Crippen LogP contribution >= 0.6 is 11.8 Å². The molecule has 1 N–H and O–H groups in total. The average Bonchev–Trinajstić information content (AvgIpc) is 2.36. The number of rotatable bonds is 4. The van der Waals surface area contributed by atoms with Crippen molar-refractivity contribution in [3.05, 3.63) is 34.6 Å². The minimum atomic E-state index is -0.928. The summed E-state index contributed by atoms with van der Waals surface area (Å²) >= 11 is 1.06. The second-order valence-corrected chi connectivity index (χ2v) is 5.31. The van der Waals surface area contributed by atoms with Crippen LogP contribution in [0.25, 0.3) is 10.9 Å². The summed E-state index contributed by atoms with van der Waals surface area (Å²) in [6.07, 6.45) is 0. The highest BCUT2D eigenvalue weighted by atomic mass is 32.2. The quantitative estimate of drug-likeness (QED) is 0.685. The average molecular weight is 278 g/mol. The van der Waals surface area contributed by atoms with Gasteiger partial charge in [0.15, 0.2) is 5.16 Å². The molecule has 0 atom stereocenters. The molecule has 2 aromatic rings. The number of aromatic nitrogens is 2. The summed E-state index contributed by atoms with van der Waals surface area (Å²) in [7, 11) is 0. The van der Waals surface area contributed by atoms with Gasteiger partial charge in [-0.2, -0.15) is 0 Å². The van der Waals surface area contributed by atoms with Gasteiger partial charge >= 0.3 is 5.97 Å². The third kappa shape index (κ3) is 2.78. The lowest BCUT2D eigenvalue weighted by Crippen LogP contribution is -2.25. The Balaban J connectivity index is 2.63. The SMILES string of the molecule is CC(C)n1c(SCC(=O)O)nc2ccccc2c1=O. The van der Waals surface area contributed by atoms with Crippen LogP contribution in [0.4, 0.5) is 0 Å². The first kappa shape index (κ1) is 13.6. The molecule has 0 aliphatic carbocycles. The number of aliphatic carboxylic acids is 1. The molecule has 0 saturated carbocycles. The molecule has 5 nitrogen and oxygen atoms in total. The molecule has 0 amide bonds. The third-order valence-corrected chi connectivity index (χ3v) is 3.55. The van der Waals surface area contributed by atoms with E-state index in [4.69, 9.17) is 5.11 Å². The molecule has 6 heteroatoms. The number of benzene rings is 1. The van der Waals surface area contributed by atoms with Crippen LogP contribution in [0.3, 0.4) is 0 Å². The van der Waals surface area contributed by atoms with E-state index in [1.165, 1.54) is 4.57 Å². The molecular weight excluding hydrogens is 264 g/mol. The van der Waals surface area contributed by atoms with E-state index in [-0.39, 0.29) is 17.4 Å². The van der Waals surface area contributed by atoms with Gasteiger partial charge in [-0.05, 0) is 26.0 Å². The maximum Gasteiger partial charge on any atom is 0.313 e. The number of carboxylic acids is 1. The second kappa shape index (κ2) is 5.44. The van der Waals surface area contributed by atoms with Crippen LogP contribution in [0.15, 0.2) is 34.2 Å². The summed E-state index contributed by atoms with van der Waals surface area (Å²) < 4.78 is 1.54. The highest BCUT2D eigenvalue weighted by Crippen LogP contribution is 2.20. The number of carbonyl (C=O) groups is 1. The molecule has 19 heavy (non-hydrogen) atoms. The molecule has 1 aromatic carbocycles. The Hall–Kier alpha value is -1.82. The zero-order chi connectivity index (χ0) is 14.0. The van der Waals surface area contributed by atoms with Gasteiger partial charge in [-0.3, -0.25) is 14.2 Å². The van der Waals surface area contributed by atoms with Gasteiger partial charge in [0.25, 0.3) is 5.56 Å². The molecule has 2 rings (SSSR count). The highest BCUT2D eigenvalue weighted by molar-refractivity contribution is 7.99. The Kier molecular flexibility index (Phi) is 3.90. The number of hydrogen-bond acceptors (Lipinski definition) is 4. The smallest absolute Gasteiger partial charge is 0.313 e. The van der Waals surface area contributed by atoms with Crippen LogP contribution in [-0.4, -0.2) is 26.4 Å². The number of carboxylic acid groups (broad SMARTS) is 1. The zero-order valence-electron chi connectivity index (χ0n) is 10.7. The molecule has 0 spiro atoms. The number of para-hydroxylation sites is 1. The van der Waals surface area contributed by atoms with Crippen molar-refractivity contribution < 1.29 is 9.90 Å². The minimum Gasteiger partial charge on any atom is -0.481 e. The number of nitrogens with zero attached hydrogens (tertiary/aromatic N) is 2. The predicted octanol–water partition coefficient (Wildman–Crippen LogP) is 2.15. The van der Waals surface area contributed by atoms with E-state index >= 15 is 0 Å². The van der Waals surface area contributed by atoms with Crippen molar-refractivity contribution in [2.45, 2.75) is 25.0 Å². The van der Waals surface area contributed by atoms with E-state index in [2.05, 4.69) is 4.98 Å². The van der Waals surface area contributed by atoms with Crippen molar-refractivity contribution in [1.29, 1.82) is 0 Å². The first-order valence-electron chi connectivity index (χ1n) is 5.86. The molecule has 0 bridgehead atoms. The van der Waals surface area contributed by atoms with Crippen molar-refractivity contribution in [3.63, 3.8) is 0 Å². The molecule has 0 aliphatic rings. The first-order chi connectivity index (χ1) is 9.00. The molecule has 0 aliphatic heterocycles. The normalized spacial score (nSPS) is 11.1. The molecule has 0 unspecified atom stereocenters. The molecule has 100 valence electrons. The van der Waals surface area contributed by atoms with E-state index in [9.17, 15) is 9.59 Å². The Bertz CT molecular complexity index is 679. The van der Waals surface area contributed by atoms with E-state index in [1.807, 2.05) is 13.8 Å². The van der Waals surface area contributed by atoms with E-state index < -0.39 is 5.97 Å². The van der Waals surface area contributed by atoms with Crippen LogP contribution < -0.4 is 5.56 Å². The van der Waals surface area contributed by atoms with Crippen LogP contribution in [0.2, 0.25) is 0 Å². The molecule has 0 fully saturated rings.